The van der Waals surface area contributed by atoms with Gasteiger partial charge in [-0.2, -0.15) is 0 Å². The summed E-state index contributed by atoms with van der Waals surface area (Å²) in [7, 11) is 0. The maximum atomic E-state index is 12.7. The first-order valence-electron chi connectivity index (χ1n) is 27.1. The van der Waals surface area contributed by atoms with Crippen LogP contribution >= 0.6 is 0 Å². The van der Waals surface area contributed by atoms with E-state index in [4.69, 9.17) is 14.2 Å². The van der Waals surface area contributed by atoms with E-state index in [-0.39, 0.29) is 31.1 Å². The van der Waals surface area contributed by atoms with E-state index in [9.17, 15) is 14.4 Å². The minimum absolute atomic E-state index is 0.0820. The molecule has 0 aromatic carbocycles. The van der Waals surface area contributed by atoms with Crippen molar-refractivity contribution in [2.75, 3.05) is 13.2 Å². The molecule has 0 aromatic heterocycles. The molecule has 0 saturated carbocycles. The standard InChI is InChI=1S/C59H100O6/c1-4-7-10-13-16-18-20-22-24-25-26-27-28-29-30-31-32-33-34-35-36-38-39-41-43-46-49-52-58(61)64-55-56(54-63-57(60)51-48-45-15-12-9-6-3)65-59(62)53-50-47-44-42-40-37-23-21-19-17-14-11-8-5-2/h7,10,16,18,21-24,26-27,29-30,32-33,56H,4-6,8-9,11-15,17,19-20,25,28,31,34-55H2,1-3H3/b10-7-,18-16-,23-21-,24-22-,27-26-,30-29-,33-32-. The molecule has 0 radical (unpaired) electrons. The third-order valence-corrected chi connectivity index (χ3v) is 11.4. The van der Waals surface area contributed by atoms with Gasteiger partial charge in [-0.25, -0.2) is 0 Å². The number of carbonyl (C=O) groups excluding carboxylic acids is 3. The minimum atomic E-state index is -0.780. The molecule has 65 heavy (non-hydrogen) atoms. The van der Waals surface area contributed by atoms with Crippen molar-refractivity contribution in [1.29, 1.82) is 0 Å². The summed E-state index contributed by atoms with van der Waals surface area (Å²) in [6, 6.07) is 0. The molecule has 0 amide bonds. The van der Waals surface area contributed by atoms with E-state index in [0.29, 0.717) is 19.3 Å². The Morgan fingerprint density at radius 2 is 0.600 bits per heavy atom. The highest BCUT2D eigenvalue weighted by Crippen LogP contribution is 2.14. The number of hydrogen-bond acceptors (Lipinski definition) is 6. The van der Waals surface area contributed by atoms with Gasteiger partial charge in [0.2, 0.25) is 0 Å². The Morgan fingerprint density at radius 1 is 0.323 bits per heavy atom. The zero-order valence-electron chi connectivity index (χ0n) is 42.5. The van der Waals surface area contributed by atoms with Crippen LogP contribution in [0.2, 0.25) is 0 Å². The molecule has 0 aliphatic carbocycles. The molecule has 0 bridgehead atoms. The molecule has 0 aliphatic heterocycles. The highest BCUT2D eigenvalue weighted by molar-refractivity contribution is 5.71. The average Bonchev–Trinajstić information content (AvgIpc) is 3.30. The van der Waals surface area contributed by atoms with Crippen LogP contribution in [0.3, 0.4) is 0 Å². The Hall–Kier alpha value is -3.41. The largest absolute Gasteiger partial charge is 0.462 e. The van der Waals surface area contributed by atoms with Crippen molar-refractivity contribution >= 4 is 17.9 Å². The van der Waals surface area contributed by atoms with E-state index in [0.717, 1.165) is 116 Å². The van der Waals surface area contributed by atoms with Gasteiger partial charge < -0.3 is 14.2 Å². The number of esters is 3. The highest BCUT2D eigenvalue weighted by atomic mass is 16.6. The molecular formula is C59H100O6. The van der Waals surface area contributed by atoms with Crippen LogP contribution < -0.4 is 0 Å². The number of unbranched alkanes of at least 4 members (excludes halogenated alkanes) is 23. The second-order valence-corrected chi connectivity index (χ2v) is 17.8. The normalized spacial score (nSPS) is 12.7. The second-order valence-electron chi connectivity index (χ2n) is 17.8. The van der Waals surface area contributed by atoms with Crippen LogP contribution in [0.4, 0.5) is 0 Å². The lowest BCUT2D eigenvalue weighted by Crippen LogP contribution is -2.30. The lowest BCUT2D eigenvalue weighted by Gasteiger charge is -2.18. The summed E-state index contributed by atoms with van der Waals surface area (Å²) in [5, 5.41) is 0. The molecule has 1 unspecified atom stereocenters. The Kier molecular flexibility index (Phi) is 50.4. The Bertz CT molecular complexity index is 1270. The van der Waals surface area contributed by atoms with E-state index in [1.54, 1.807) is 0 Å². The van der Waals surface area contributed by atoms with Crippen LogP contribution in [0.1, 0.15) is 252 Å². The zero-order valence-corrected chi connectivity index (χ0v) is 42.5. The van der Waals surface area contributed by atoms with Gasteiger partial charge in [-0.3, -0.25) is 14.4 Å². The first-order valence-corrected chi connectivity index (χ1v) is 27.1. The molecule has 0 aliphatic rings. The van der Waals surface area contributed by atoms with Gasteiger partial charge in [0, 0.05) is 19.3 Å². The van der Waals surface area contributed by atoms with Crippen molar-refractivity contribution < 1.29 is 28.6 Å². The van der Waals surface area contributed by atoms with E-state index in [2.05, 4.69) is 106 Å². The average molecular weight is 905 g/mol. The highest BCUT2D eigenvalue weighted by Gasteiger charge is 2.19. The summed E-state index contributed by atoms with van der Waals surface area (Å²) in [4.78, 5) is 37.8. The van der Waals surface area contributed by atoms with Crippen molar-refractivity contribution in [3.05, 3.63) is 85.1 Å². The molecule has 0 aromatic rings. The van der Waals surface area contributed by atoms with Crippen molar-refractivity contribution in [2.45, 2.75) is 258 Å². The van der Waals surface area contributed by atoms with Crippen molar-refractivity contribution in [1.82, 2.24) is 0 Å². The van der Waals surface area contributed by atoms with Gasteiger partial charge in [-0.15, -0.1) is 0 Å². The van der Waals surface area contributed by atoms with Gasteiger partial charge in [-0.1, -0.05) is 221 Å². The van der Waals surface area contributed by atoms with Gasteiger partial charge in [0.05, 0.1) is 0 Å². The molecule has 6 heteroatoms. The quantitative estimate of drug-likeness (QED) is 0.0262. The summed E-state index contributed by atoms with van der Waals surface area (Å²) >= 11 is 0. The molecule has 0 saturated heterocycles. The number of hydrogen-bond donors (Lipinski definition) is 0. The van der Waals surface area contributed by atoms with Crippen LogP contribution in [0.5, 0.6) is 0 Å². The second kappa shape index (κ2) is 53.2. The van der Waals surface area contributed by atoms with Crippen LogP contribution in [0.15, 0.2) is 85.1 Å². The summed E-state index contributed by atoms with van der Waals surface area (Å²) in [5.41, 5.74) is 0. The predicted molar refractivity (Wildman–Crippen MR) is 279 cm³/mol. The Labute approximate surface area is 401 Å². The molecule has 372 valence electrons. The van der Waals surface area contributed by atoms with Crippen LogP contribution in [0, 0.1) is 0 Å². The SMILES string of the molecule is CC/C=C\C/C=C\C/C=C\C/C=C\C/C=C\C/C=C\CCCCCCCCCCC(=O)OCC(COC(=O)CCCCCCCC)OC(=O)CCCCCCC/C=C\CCCCCCC. The number of carbonyl (C=O) groups is 3. The minimum Gasteiger partial charge on any atom is -0.462 e. The van der Waals surface area contributed by atoms with Crippen LogP contribution in [-0.4, -0.2) is 37.2 Å². The first-order chi connectivity index (χ1) is 32.0. The third-order valence-electron chi connectivity index (χ3n) is 11.4. The molecule has 0 heterocycles. The smallest absolute Gasteiger partial charge is 0.306 e. The van der Waals surface area contributed by atoms with Crippen molar-refractivity contribution in [3.63, 3.8) is 0 Å². The summed E-state index contributed by atoms with van der Waals surface area (Å²) in [6.45, 7) is 6.44. The molecule has 6 nitrogen and oxygen atoms in total. The number of allylic oxidation sites excluding steroid dienone is 14. The predicted octanol–water partition coefficient (Wildman–Crippen LogP) is 18.0. The van der Waals surface area contributed by atoms with Gasteiger partial charge in [0.15, 0.2) is 6.10 Å². The topological polar surface area (TPSA) is 78.9 Å². The van der Waals surface area contributed by atoms with E-state index in [1.165, 1.54) is 96.3 Å². The van der Waals surface area contributed by atoms with Crippen LogP contribution in [0.25, 0.3) is 0 Å². The van der Waals surface area contributed by atoms with Gasteiger partial charge in [-0.05, 0) is 96.3 Å². The van der Waals surface area contributed by atoms with E-state index >= 15 is 0 Å². The number of rotatable bonds is 48. The fourth-order valence-corrected chi connectivity index (χ4v) is 7.32. The maximum absolute atomic E-state index is 12.7. The fraction of sp³-hybridized carbons (Fsp3) is 0.712. The van der Waals surface area contributed by atoms with E-state index < -0.39 is 6.10 Å². The molecule has 0 fully saturated rings. The number of ether oxygens (including phenoxy) is 3. The van der Waals surface area contributed by atoms with Gasteiger partial charge in [0.25, 0.3) is 0 Å². The molecule has 1 atom stereocenters. The molecular weight excluding hydrogens is 805 g/mol. The maximum Gasteiger partial charge on any atom is 0.306 e. The summed E-state index contributed by atoms with van der Waals surface area (Å²) in [5.74, 6) is -0.908. The molecule has 0 N–H and O–H groups in total. The monoisotopic (exact) mass is 905 g/mol. The van der Waals surface area contributed by atoms with E-state index in [1.807, 2.05) is 0 Å². The summed E-state index contributed by atoms with van der Waals surface area (Å²) < 4.78 is 16.7. The zero-order chi connectivity index (χ0) is 47.2. The van der Waals surface area contributed by atoms with Gasteiger partial charge >= 0.3 is 17.9 Å². The molecule has 0 spiro atoms. The van der Waals surface area contributed by atoms with Crippen molar-refractivity contribution in [3.8, 4) is 0 Å². The molecule has 0 rings (SSSR count). The van der Waals surface area contributed by atoms with Crippen LogP contribution in [-0.2, 0) is 28.6 Å². The lowest BCUT2D eigenvalue weighted by atomic mass is 10.1. The van der Waals surface area contributed by atoms with Crippen molar-refractivity contribution in [2.24, 2.45) is 0 Å². The fourth-order valence-electron chi connectivity index (χ4n) is 7.32. The Balaban J connectivity index is 4.16. The Morgan fingerprint density at radius 3 is 0.954 bits per heavy atom. The first kappa shape index (κ1) is 61.6. The third kappa shape index (κ3) is 51.4. The van der Waals surface area contributed by atoms with Gasteiger partial charge in [0.1, 0.15) is 13.2 Å². The summed E-state index contributed by atoms with van der Waals surface area (Å²) in [6.07, 6.45) is 68.8. The lowest BCUT2D eigenvalue weighted by molar-refractivity contribution is -0.167.